The van der Waals surface area contributed by atoms with E-state index >= 15 is 0 Å². The third-order valence-corrected chi connectivity index (χ3v) is 2.03. The predicted molar refractivity (Wildman–Crippen MR) is 55.0 cm³/mol. The third kappa shape index (κ3) is 3.29. The van der Waals surface area contributed by atoms with E-state index in [1.807, 2.05) is 6.07 Å². The van der Waals surface area contributed by atoms with Crippen molar-refractivity contribution in [1.29, 1.82) is 0 Å². The fraction of sp³-hybridized carbons (Fsp3) is 0.111. The number of rotatable bonds is 3. The Morgan fingerprint density at radius 2 is 2.15 bits per heavy atom. The van der Waals surface area contributed by atoms with E-state index in [0.717, 1.165) is 11.8 Å². The van der Waals surface area contributed by atoms with Crippen molar-refractivity contribution in [3.8, 4) is 0 Å². The van der Waals surface area contributed by atoms with Crippen LogP contribution >= 0.6 is 0 Å². The largest absolute Gasteiger partial charge is 0.284 e. The number of anilines is 1. The Balaban J connectivity index is 2.96. The average molecular weight is 197 g/mol. The highest BCUT2D eigenvalue weighted by Gasteiger charge is 2.00. The van der Waals surface area contributed by atoms with E-state index in [1.54, 1.807) is 24.3 Å². The maximum Gasteiger partial charge on any atom is 0.229 e. The van der Waals surface area contributed by atoms with Crippen molar-refractivity contribution < 1.29 is 8.42 Å². The fourth-order valence-electron chi connectivity index (χ4n) is 0.943. The second kappa shape index (κ2) is 3.62. The van der Waals surface area contributed by atoms with Gasteiger partial charge in [0.1, 0.15) is 0 Å². The van der Waals surface area contributed by atoms with Crippen molar-refractivity contribution in [2.75, 3.05) is 11.0 Å². The van der Waals surface area contributed by atoms with Crippen LogP contribution in [0.3, 0.4) is 0 Å². The maximum atomic E-state index is 10.9. The van der Waals surface area contributed by atoms with Crippen molar-refractivity contribution in [3.63, 3.8) is 0 Å². The molecule has 0 aliphatic heterocycles. The van der Waals surface area contributed by atoms with Gasteiger partial charge in [0.25, 0.3) is 0 Å². The molecular weight excluding hydrogens is 186 g/mol. The summed E-state index contributed by atoms with van der Waals surface area (Å²) in [7, 11) is -3.19. The van der Waals surface area contributed by atoms with E-state index in [4.69, 9.17) is 0 Å². The van der Waals surface area contributed by atoms with Gasteiger partial charge in [-0.15, -0.1) is 0 Å². The summed E-state index contributed by atoms with van der Waals surface area (Å²) < 4.78 is 24.1. The van der Waals surface area contributed by atoms with Crippen LogP contribution in [0.1, 0.15) is 5.56 Å². The van der Waals surface area contributed by atoms with Gasteiger partial charge in [-0.1, -0.05) is 24.8 Å². The van der Waals surface area contributed by atoms with Crippen LogP contribution in [-0.2, 0) is 10.0 Å². The van der Waals surface area contributed by atoms with Crippen LogP contribution in [0.15, 0.2) is 30.8 Å². The molecule has 1 aromatic carbocycles. The smallest absolute Gasteiger partial charge is 0.229 e. The third-order valence-electron chi connectivity index (χ3n) is 1.43. The average Bonchev–Trinajstić information content (AvgIpc) is 2.01. The number of sulfonamides is 1. The summed E-state index contributed by atoms with van der Waals surface area (Å²) >= 11 is 0. The summed E-state index contributed by atoms with van der Waals surface area (Å²) in [6.45, 7) is 3.59. The molecule has 0 spiro atoms. The van der Waals surface area contributed by atoms with Gasteiger partial charge in [-0.25, -0.2) is 8.42 Å². The predicted octanol–water partition coefficient (Wildman–Crippen LogP) is 1.70. The lowest BCUT2D eigenvalue weighted by Gasteiger charge is -2.03. The fourth-order valence-corrected chi connectivity index (χ4v) is 1.50. The zero-order valence-electron chi connectivity index (χ0n) is 7.32. The Labute approximate surface area is 78.1 Å². The summed E-state index contributed by atoms with van der Waals surface area (Å²) in [5.41, 5.74) is 1.44. The molecule has 0 aliphatic carbocycles. The first-order valence-corrected chi connectivity index (χ1v) is 5.61. The van der Waals surface area contributed by atoms with E-state index in [9.17, 15) is 8.42 Å². The molecule has 4 heteroatoms. The molecule has 0 aromatic heterocycles. The Morgan fingerprint density at radius 3 is 2.69 bits per heavy atom. The van der Waals surface area contributed by atoms with E-state index in [1.165, 1.54) is 0 Å². The monoisotopic (exact) mass is 197 g/mol. The maximum absolute atomic E-state index is 10.9. The van der Waals surface area contributed by atoms with E-state index < -0.39 is 10.0 Å². The molecule has 0 heterocycles. The minimum Gasteiger partial charge on any atom is -0.284 e. The topological polar surface area (TPSA) is 46.2 Å². The van der Waals surface area contributed by atoms with Gasteiger partial charge in [0.15, 0.2) is 0 Å². The van der Waals surface area contributed by atoms with Gasteiger partial charge in [0.05, 0.1) is 6.26 Å². The molecule has 0 saturated carbocycles. The van der Waals surface area contributed by atoms with Crippen LogP contribution in [-0.4, -0.2) is 14.7 Å². The van der Waals surface area contributed by atoms with Crippen LogP contribution < -0.4 is 4.72 Å². The molecule has 70 valence electrons. The Morgan fingerprint density at radius 1 is 1.46 bits per heavy atom. The molecule has 0 aliphatic rings. The van der Waals surface area contributed by atoms with Crippen molar-refractivity contribution >= 4 is 21.8 Å². The highest BCUT2D eigenvalue weighted by atomic mass is 32.2. The van der Waals surface area contributed by atoms with E-state index in [-0.39, 0.29) is 0 Å². The Bertz CT molecular complexity index is 409. The number of nitrogens with one attached hydrogen (secondary N) is 1. The van der Waals surface area contributed by atoms with Gasteiger partial charge in [0.2, 0.25) is 10.0 Å². The lowest BCUT2D eigenvalue weighted by Crippen LogP contribution is -2.09. The molecule has 0 saturated heterocycles. The molecule has 1 aromatic rings. The quantitative estimate of drug-likeness (QED) is 0.801. The summed E-state index contributed by atoms with van der Waals surface area (Å²) in [4.78, 5) is 0. The summed E-state index contributed by atoms with van der Waals surface area (Å²) in [6.07, 6.45) is 2.78. The molecule has 1 N–H and O–H groups in total. The number of hydrogen-bond acceptors (Lipinski definition) is 2. The van der Waals surface area contributed by atoms with Gasteiger partial charge in [-0.05, 0) is 17.7 Å². The van der Waals surface area contributed by atoms with Gasteiger partial charge in [-0.3, -0.25) is 4.72 Å². The van der Waals surface area contributed by atoms with Gasteiger partial charge in [-0.2, -0.15) is 0 Å². The molecule has 0 bridgehead atoms. The van der Waals surface area contributed by atoms with Crippen molar-refractivity contribution in [2.45, 2.75) is 0 Å². The van der Waals surface area contributed by atoms with Crippen LogP contribution in [0.4, 0.5) is 5.69 Å². The van der Waals surface area contributed by atoms with Crippen LogP contribution in [0, 0.1) is 0 Å². The van der Waals surface area contributed by atoms with E-state index in [2.05, 4.69) is 11.3 Å². The van der Waals surface area contributed by atoms with Crippen molar-refractivity contribution in [1.82, 2.24) is 0 Å². The first-order chi connectivity index (χ1) is 6.01. The number of benzene rings is 1. The molecule has 0 radical (unpaired) electrons. The molecule has 0 atom stereocenters. The van der Waals surface area contributed by atoms with Gasteiger partial charge < -0.3 is 0 Å². The summed E-state index contributed by atoms with van der Waals surface area (Å²) in [6, 6.07) is 7.02. The van der Waals surface area contributed by atoms with Crippen LogP contribution in [0.5, 0.6) is 0 Å². The Kier molecular flexibility index (Phi) is 2.72. The lowest BCUT2D eigenvalue weighted by atomic mass is 10.2. The molecular formula is C9H11NO2S. The zero-order valence-corrected chi connectivity index (χ0v) is 8.14. The minimum absolute atomic E-state index is 0.555. The van der Waals surface area contributed by atoms with Gasteiger partial charge >= 0.3 is 0 Å². The SMILES string of the molecule is C=Cc1cccc(NS(C)(=O)=O)c1. The molecule has 1 rings (SSSR count). The van der Waals surface area contributed by atoms with E-state index in [0.29, 0.717) is 5.69 Å². The summed E-state index contributed by atoms with van der Waals surface area (Å²) in [5.74, 6) is 0. The summed E-state index contributed by atoms with van der Waals surface area (Å²) in [5, 5.41) is 0. The Hall–Kier alpha value is -1.29. The zero-order chi connectivity index (χ0) is 9.90. The number of hydrogen-bond donors (Lipinski definition) is 1. The van der Waals surface area contributed by atoms with Crippen LogP contribution in [0.25, 0.3) is 6.08 Å². The second-order valence-corrected chi connectivity index (χ2v) is 4.45. The second-order valence-electron chi connectivity index (χ2n) is 2.70. The van der Waals surface area contributed by atoms with Crippen molar-refractivity contribution in [3.05, 3.63) is 36.4 Å². The molecule has 3 nitrogen and oxygen atoms in total. The molecule has 0 fully saturated rings. The first kappa shape index (κ1) is 9.80. The molecule has 13 heavy (non-hydrogen) atoms. The standard InChI is InChI=1S/C9H11NO2S/c1-3-8-5-4-6-9(7-8)10-13(2,11)12/h3-7,10H,1H2,2H3. The van der Waals surface area contributed by atoms with Crippen LogP contribution in [0.2, 0.25) is 0 Å². The normalized spacial score (nSPS) is 10.8. The molecule has 0 unspecified atom stereocenters. The molecule has 0 amide bonds. The highest BCUT2D eigenvalue weighted by molar-refractivity contribution is 7.92. The lowest BCUT2D eigenvalue weighted by molar-refractivity contribution is 0.607. The highest BCUT2D eigenvalue weighted by Crippen LogP contribution is 2.12. The van der Waals surface area contributed by atoms with Gasteiger partial charge in [0, 0.05) is 5.69 Å². The first-order valence-electron chi connectivity index (χ1n) is 3.71. The minimum atomic E-state index is -3.19. The van der Waals surface area contributed by atoms with Crippen molar-refractivity contribution in [2.24, 2.45) is 0 Å².